The molecule has 0 aliphatic heterocycles. The molecule has 0 aromatic heterocycles. The third kappa shape index (κ3) is 1.88. The van der Waals surface area contributed by atoms with Crippen LogP contribution in [0.3, 0.4) is 0 Å². The molecule has 1 aromatic carbocycles. The third-order valence-electron chi connectivity index (χ3n) is 2.88. The SMILES string of the molecule is CC(C)CC1=C(C(N)=O)C(=O)c2ccccc21. The molecule has 0 unspecified atom stereocenters. The van der Waals surface area contributed by atoms with Crippen molar-refractivity contribution in [2.75, 3.05) is 0 Å². The molecule has 1 aromatic rings. The van der Waals surface area contributed by atoms with Gasteiger partial charge < -0.3 is 5.73 Å². The topological polar surface area (TPSA) is 60.2 Å². The van der Waals surface area contributed by atoms with Crippen LogP contribution < -0.4 is 5.73 Å². The first-order valence-corrected chi connectivity index (χ1v) is 5.69. The van der Waals surface area contributed by atoms with Crippen molar-refractivity contribution in [1.29, 1.82) is 0 Å². The van der Waals surface area contributed by atoms with E-state index in [1.54, 1.807) is 12.1 Å². The predicted octanol–water partition coefficient (Wildman–Crippen LogP) is 2.17. The molecular weight excluding hydrogens is 214 g/mol. The van der Waals surface area contributed by atoms with Gasteiger partial charge in [0.05, 0.1) is 5.57 Å². The van der Waals surface area contributed by atoms with Crippen LogP contribution in [-0.2, 0) is 4.79 Å². The standard InChI is InChI=1S/C14H15NO2/c1-8(2)7-11-9-5-3-4-6-10(9)13(16)12(11)14(15)17/h3-6,8H,7H2,1-2H3,(H2,15,17). The van der Waals surface area contributed by atoms with Crippen molar-refractivity contribution in [1.82, 2.24) is 0 Å². The number of nitrogens with two attached hydrogens (primary N) is 1. The number of rotatable bonds is 3. The average Bonchev–Trinajstić information content (AvgIpc) is 2.52. The van der Waals surface area contributed by atoms with Gasteiger partial charge in [0, 0.05) is 5.56 Å². The van der Waals surface area contributed by atoms with E-state index >= 15 is 0 Å². The number of hydrogen-bond donors (Lipinski definition) is 1. The highest BCUT2D eigenvalue weighted by Crippen LogP contribution is 2.36. The van der Waals surface area contributed by atoms with Crippen molar-refractivity contribution in [3.8, 4) is 0 Å². The summed E-state index contributed by atoms with van der Waals surface area (Å²) in [6.07, 6.45) is 0.695. The highest BCUT2D eigenvalue weighted by Gasteiger charge is 2.32. The fourth-order valence-electron chi connectivity index (χ4n) is 2.23. The minimum Gasteiger partial charge on any atom is -0.365 e. The maximum atomic E-state index is 12.1. The molecule has 88 valence electrons. The number of primary amides is 1. The maximum absolute atomic E-state index is 12.1. The average molecular weight is 229 g/mol. The molecule has 1 aliphatic rings. The molecule has 0 spiro atoms. The minimum absolute atomic E-state index is 0.167. The van der Waals surface area contributed by atoms with Gasteiger partial charge in [0.2, 0.25) is 0 Å². The van der Waals surface area contributed by atoms with Gasteiger partial charge in [-0.2, -0.15) is 0 Å². The van der Waals surface area contributed by atoms with E-state index in [0.717, 1.165) is 11.1 Å². The number of amides is 1. The number of benzene rings is 1. The van der Waals surface area contributed by atoms with Crippen LogP contribution >= 0.6 is 0 Å². The Hall–Kier alpha value is -1.90. The molecule has 1 amide bonds. The third-order valence-corrected chi connectivity index (χ3v) is 2.88. The minimum atomic E-state index is -0.623. The largest absolute Gasteiger partial charge is 0.365 e. The second kappa shape index (κ2) is 4.17. The maximum Gasteiger partial charge on any atom is 0.252 e. The van der Waals surface area contributed by atoms with Crippen molar-refractivity contribution in [2.45, 2.75) is 20.3 Å². The Labute approximate surface area is 100 Å². The van der Waals surface area contributed by atoms with Gasteiger partial charge in [-0.25, -0.2) is 0 Å². The van der Waals surface area contributed by atoms with Gasteiger partial charge in [-0.1, -0.05) is 38.1 Å². The molecule has 3 heteroatoms. The second-order valence-electron chi connectivity index (χ2n) is 4.69. The lowest BCUT2D eigenvalue weighted by molar-refractivity contribution is -0.114. The number of Topliss-reactive ketones (excluding diaryl/α,β-unsaturated/α-hetero) is 1. The fraction of sp³-hybridized carbons (Fsp3) is 0.286. The first-order chi connectivity index (χ1) is 8.02. The van der Waals surface area contributed by atoms with Gasteiger partial charge in [-0.05, 0) is 23.5 Å². The van der Waals surface area contributed by atoms with Crippen molar-refractivity contribution in [2.24, 2.45) is 11.7 Å². The van der Waals surface area contributed by atoms with Gasteiger partial charge >= 0.3 is 0 Å². The van der Waals surface area contributed by atoms with Gasteiger partial charge in [0.25, 0.3) is 5.91 Å². The van der Waals surface area contributed by atoms with Crippen LogP contribution in [0.2, 0.25) is 0 Å². The van der Waals surface area contributed by atoms with E-state index < -0.39 is 5.91 Å². The quantitative estimate of drug-likeness (QED) is 0.807. The molecule has 1 aliphatic carbocycles. The summed E-state index contributed by atoms with van der Waals surface area (Å²) in [6, 6.07) is 7.29. The molecule has 0 radical (unpaired) electrons. The Kier molecular flexibility index (Phi) is 2.84. The molecule has 0 heterocycles. The van der Waals surface area contributed by atoms with Crippen LogP contribution in [0.4, 0.5) is 0 Å². The number of carbonyl (C=O) groups excluding carboxylic acids is 2. The van der Waals surface area contributed by atoms with E-state index in [2.05, 4.69) is 13.8 Å². The Balaban J connectivity index is 2.60. The van der Waals surface area contributed by atoms with Crippen LogP contribution in [-0.4, -0.2) is 11.7 Å². The summed E-state index contributed by atoms with van der Waals surface area (Å²) in [5, 5.41) is 0. The molecule has 2 N–H and O–H groups in total. The Bertz CT molecular complexity index is 527. The summed E-state index contributed by atoms with van der Waals surface area (Å²) in [6.45, 7) is 4.11. The van der Waals surface area contributed by atoms with Crippen molar-refractivity contribution in [3.05, 3.63) is 41.0 Å². The van der Waals surface area contributed by atoms with Gasteiger partial charge in [0.1, 0.15) is 0 Å². The highest BCUT2D eigenvalue weighted by atomic mass is 16.2. The van der Waals surface area contributed by atoms with Crippen molar-refractivity contribution in [3.63, 3.8) is 0 Å². The van der Waals surface area contributed by atoms with Crippen molar-refractivity contribution < 1.29 is 9.59 Å². The van der Waals surface area contributed by atoms with Crippen molar-refractivity contribution >= 4 is 17.3 Å². The molecule has 3 nitrogen and oxygen atoms in total. The van der Waals surface area contributed by atoms with E-state index in [-0.39, 0.29) is 11.4 Å². The number of allylic oxidation sites excluding steroid dienone is 1. The van der Waals surface area contributed by atoms with Crippen LogP contribution in [0, 0.1) is 5.92 Å². The van der Waals surface area contributed by atoms with Crippen LogP contribution in [0.1, 0.15) is 36.2 Å². The zero-order chi connectivity index (χ0) is 12.6. The number of carbonyl (C=O) groups is 2. The summed E-state index contributed by atoms with van der Waals surface area (Å²) < 4.78 is 0. The second-order valence-corrected chi connectivity index (χ2v) is 4.69. The molecule has 0 atom stereocenters. The first-order valence-electron chi connectivity index (χ1n) is 5.69. The fourth-order valence-corrected chi connectivity index (χ4v) is 2.23. The summed E-state index contributed by atoms with van der Waals surface area (Å²) in [7, 11) is 0. The first kappa shape index (κ1) is 11.6. The van der Waals surface area contributed by atoms with E-state index in [1.165, 1.54) is 0 Å². The van der Waals surface area contributed by atoms with Crippen LogP contribution in [0.5, 0.6) is 0 Å². The van der Waals surface area contributed by atoms with Gasteiger partial charge in [-0.15, -0.1) is 0 Å². The summed E-state index contributed by atoms with van der Waals surface area (Å²) in [5.41, 5.74) is 7.74. The van der Waals surface area contributed by atoms with Crippen LogP contribution in [0.15, 0.2) is 29.8 Å². The predicted molar refractivity (Wildman–Crippen MR) is 66.3 cm³/mol. The number of fused-ring (bicyclic) bond motifs is 1. The highest BCUT2D eigenvalue weighted by molar-refractivity contribution is 6.34. The van der Waals surface area contributed by atoms with E-state index in [0.29, 0.717) is 17.9 Å². The summed E-state index contributed by atoms with van der Waals surface area (Å²) in [4.78, 5) is 23.5. The number of ketones is 1. The molecule has 0 saturated heterocycles. The van der Waals surface area contributed by atoms with E-state index in [9.17, 15) is 9.59 Å². The molecule has 17 heavy (non-hydrogen) atoms. The van der Waals surface area contributed by atoms with Crippen LogP contribution in [0.25, 0.3) is 5.57 Å². The zero-order valence-corrected chi connectivity index (χ0v) is 9.99. The normalized spacial score (nSPS) is 14.4. The Morgan fingerprint density at radius 1 is 1.24 bits per heavy atom. The molecular formula is C14H15NO2. The Morgan fingerprint density at radius 3 is 2.35 bits per heavy atom. The lowest BCUT2D eigenvalue weighted by atomic mass is 9.96. The van der Waals surface area contributed by atoms with E-state index in [1.807, 2.05) is 12.1 Å². The summed E-state index contributed by atoms with van der Waals surface area (Å²) in [5.74, 6) is -0.482. The smallest absolute Gasteiger partial charge is 0.252 e. The molecule has 0 bridgehead atoms. The van der Waals surface area contributed by atoms with Gasteiger partial charge in [0.15, 0.2) is 5.78 Å². The van der Waals surface area contributed by atoms with Gasteiger partial charge in [-0.3, -0.25) is 9.59 Å². The monoisotopic (exact) mass is 229 g/mol. The Morgan fingerprint density at radius 2 is 1.82 bits per heavy atom. The molecule has 2 rings (SSSR count). The lowest BCUT2D eigenvalue weighted by Gasteiger charge is -2.08. The molecule has 0 saturated carbocycles. The molecule has 0 fully saturated rings. The number of hydrogen-bond acceptors (Lipinski definition) is 2. The van der Waals surface area contributed by atoms with E-state index in [4.69, 9.17) is 5.73 Å². The lowest BCUT2D eigenvalue weighted by Crippen LogP contribution is -2.19. The zero-order valence-electron chi connectivity index (χ0n) is 9.99. The summed E-state index contributed by atoms with van der Waals surface area (Å²) >= 11 is 0.